The van der Waals surface area contributed by atoms with Crippen LogP contribution in [0.25, 0.3) is 0 Å². The first-order valence-corrected chi connectivity index (χ1v) is 7.72. The third-order valence-electron chi connectivity index (χ3n) is 4.29. The van der Waals surface area contributed by atoms with Gasteiger partial charge in [0.05, 0.1) is 12.0 Å². The number of ether oxygens (including phenoxy) is 2. The molecule has 0 radical (unpaired) electrons. The largest absolute Gasteiger partial charge is 0.491 e. The van der Waals surface area contributed by atoms with Gasteiger partial charge in [0.25, 0.3) is 0 Å². The van der Waals surface area contributed by atoms with Crippen molar-refractivity contribution in [3.63, 3.8) is 0 Å². The number of carbonyl (C=O) groups is 2. The van der Waals surface area contributed by atoms with Crippen LogP contribution >= 0.6 is 0 Å². The van der Waals surface area contributed by atoms with E-state index in [4.69, 9.17) is 9.47 Å². The van der Waals surface area contributed by atoms with E-state index in [1.165, 1.54) is 0 Å². The number of methoxy groups -OCH3 is 1. The molecule has 23 heavy (non-hydrogen) atoms. The Labute approximate surface area is 135 Å². The molecule has 0 saturated heterocycles. The highest BCUT2D eigenvalue weighted by molar-refractivity contribution is 5.95. The third kappa shape index (κ3) is 4.22. The van der Waals surface area contributed by atoms with Crippen LogP contribution in [0.2, 0.25) is 0 Å². The summed E-state index contributed by atoms with van der Waals surface area (Å²) < 4.78 is 10.4. The number of anilines is 1. The van der Waals surface area contributed by atoms with Gasteiger partial charge in [0.2, 0.25) is 5.91 Å². The molecule has 1 saturated carbocycles. The van der Waals surface area contributed by atoms with Gasteiger partial charge in [-0.2, -0.15) is 0 Å². The lowest BCUT2D eigenvalue weighted by Gasteiger charge is -2.36. The standard InChI is InChI=1S/C17H23NO5/c1-12-10-13(23-9-8-22-2)4-5-14(12)18-15(19)11-17(16(20)21)6-3-7-17/h4-5,10H,3,6-9,11H2,1-2H3,(H,18,19)(H,20,21). The van der Waals surface area contributed by atoms with E-state index < -0.39 is 11.4 Å². The number of hydrogen-bond donors (Lipinski definition) is 2. The Morgan fingerprint density at radius 1 is 1.30 bits per heavy atom. The van der Waals surface area contributed by atoms with Crippen LogP contribution in [0.4, 0.5) is 5.69 Å². The molecule has 0 unspecified atom stereocenters. The summed E-state index contributed by atoms with van der Waals surface area (Å²) in [6, 6.07) is 5.37. The maximum atomic E-state index is 12.2. The molecule has 2 N–H and O–H groups in total. The Hall–Kier alpha value is -2.08. The number of carboxylic acid groups (broad SMARTS) is 1. The zero-order valence-corrected chi connectivity index (χ0v) is 13.6. The van der Waals surface area contributed by atoms with Crippen LogP contribution in [0.15, 0.2) is 18.2 Å². The number of carboxylic acids is 1. The van der Waals surface area contributed by atoms with Crippen molar-refractivity contribution in [2.75, 3.05) is 25.6 Å². The SMILES string of the molecule is COCCOc1ccc(NC(=O)CC2(C(=O)O)CCC2)c(C)c1. The number of hydrogen-bond acceptors (Lipinski definition) is 4. The van der Waals surface area contributed by atoms with Crippen molar-refractivity contribution < 1.29 is 24.2 Å². The lowest BCUT2D eigenvalue weighted by Crippen LogP contribution is -2.41. The fourth-order valence-electron chi connectivity index (χ4n) is 2.68. The van der Waals surface area contributed by atoms with Crippen molar-refractivity contribution in [2.45, 2.75) is 32.6 Å². The molecule has 0 spiro atoms. The average molecular weight is 321 g/mol. The van der Waals surface area contributed by atoms with E-state index in [0.717, 1.165) is 12.0 Å². The van der Waals surface area contributed by atoms with E-state index in [2.05, 4.69) is 5.32 Å². The Morgan fingerprint density at radius 3 is 2.57 bits per heavy atom. The molecule has 1 aliphatic carbocycles. The van der Waals surface area contributed by atoms with Crippen LogP contribution in [-0.2, 0) is 14.3 Å². The Morgan fingerprint density at radius 2 is 2.04 bits per heavy atom. The predicted molar refractivity (Wildman–Crippen MR) is 85.7 cm³/mol. The highest BCUT2D eigenvalue weighted by Gasteiger charge is 2.45. The first-order valence-electron chi connectivity index (χ1n) is 7.72. The number of rotatable bonds is 8. The van der Waals surface area contributed by atoms with E-state index in [0.29, 0.717) is 37.5 Å². The lowest BCUT2D eigenvalue weighted by atomic mass is 9.66. The molecule has 1 aromatic rings. The molecule has 126 valence electrons. The molecule has 6 nitrogen and oxygen atoms in total. The fraction of sp³-hybridized carbons (Fsp3) is 0.529. The van der Waals surface area contributed by atoms with Gasteiger partial charge in [-0.25, -0.2) is 0 Å². The maximum absolute atomic E-state index is 12.2. The quantitative estimate of drug-likeness (QED) is 0.719. The number of nitrogens with one attached hydrogen (secondary N) is 1. The monoisotopic (exact) mass is 321 g/mol. The molecule has 0 atom stereocenters. The van der Waals surface area contributed by atoms with E-state index >= 15 is 0 Å². The predicted octanol–water partition coefficient (Wildman–Crippen LogP) is 2.60. The van der Waals surface area contributed by atoms with Gasteiger partial charge in [0.15, 0.2) is 0 Å². The number of amides is 1. The van der Waals surface area contributed by atoms with Crippen LogP contribution in [0.1, 0.15) is 31.2 Å². The van der Waals surface area contributed by atoms with Crippen LogP contribution in [0, 0.1) is 12.3 Å². The summed E-state index contributed by atoms with van der Waals surface area (Å²) in [5, 5.41) is 12.1. The Kier molecular flexibility index (Phi) is 5.60. The summed E-state index contributed by atoms with van der Waals surface area (Å²) in [4.78, 5) is 23.5. The molecule has 0 aromatic heterocycles. The van der Waals surface area contributed by atoms with Gasteiger partial charge in [-0.05, 0) is 43.5 Å². The molecule has 1 fully saturated rings. The number of benzene rings is 1. The number of aryl methyl sites for hydroxylation is 1. The molecule has 2 rings (SSSR count). The molecule has 1 aromatic carbocycles. The molecular weight excluding hydrogens is 298 g/mol. The van der Waals surface area contributed by atoms with Gasteiger partial charge < -0.3 is 19.9 Å². The summed E-state index contributed by atoms with van der Waals surface area (Å²) >= 11 is 0. The third-order valence-corrected chi connectivity index (χ3v) is 4.29. The lowest BCUT2D eigenvalue weighted by molar-refractivity contribution is -0.157. The summed E-state index contributed by atoms with van der Waals surface area (Å²) in [6.45, 7) is 2.84. The normalized spacial score (nSPS) is 15.6. The maximum Gasteiger partial charge on any atom is 0.310 e. The van der Waals surface area contributed by atoms with Crippen LogP contribution in [-0.4, -0.2) is 37.3 Å². The van der Waals surface area contributed by atoms with Crippen LogP contribution in [0.5, 0.6) is 5.75 Å². The molecule has 1 aliphatic rings. The number of carbonyl (C=O) groups excluding carboxylic acids is 1. The average Bonchev–Trinajstić information content (AvgIpc) is 2.45. The van der Waals surface area contributed by atoms with Gasteiger partial charge in [-0.3, -0.25) is 9.59 Å². The summed E-state index contributed by atoms with van der Waals surface area (Å²) in [7, 11) is 1.61. The minimum atomic E-state index is -0.877. The van der Waals surface area contributed by atoms with Crippen molar-refractivity contribution in [1.82, 2.24) is 0 Å². The second-order valence-corrected chi connectivity index (χ2v) is 5.98. The summed E-state index contributed by atoms with van der Waals surface area (Å²) in [5.41, 5.74) is 0.668. The minimum Gasteiger partial charge on any atom is -0.491 e. The van der Waals surface area contributed by atoms with E-state index in [1.54, 1.807) is 19.2 Å². The molecule has 1 amide bonds. The van der Waals surface area contributed by atoms with Crippen molar-refractivity contribution in [3.8, 4) is 5.75 Å². The van der Waals surface area contributed by atoms with Gasteiger partial charge in [0.1, 0.15) is 12.4 Å². The van der Waals surface area contributed by atoms with Gasteiger partial charge in [0, 0.05) is 19.2 Å². The second-order valence-electron chi connectivity index (χ2n) is 5.98. The Balaban J connectivity index is 1.94. The van der Waals surface area contributed by atoms with Crippen molar-refractivity contribution in [2.24, 2.45) is 5.41 Å². The fourth-order valence-corrected chi connectivity index (χ4v) is 2.68. The zero-order valence-electron chi connectivity index (χ0n) is 13.6. The van der Waals surface area contributed by atoms with Crippen LogP contribution < -0.4 is 10.1 Å². The van der Waals surface area contributed by atoms with Gasteiger partial charge in [-0.15, -0.1) is 0 Å². The first kappa shape index (κ1) is 17.3. The Bertz CT molecular complexity index is 580. The van der Waals surface area contributed by atoms with E-state index in [-0.39, 0.29) is 12.3 Å². The smallest absolute Gasteiger partial charge is 0.310 e. The molecule has 0 bridgehead atoms. The second kappa shape index (κ2) is 7.46. The molecule has 0 aliphatic heterocycles. The topological polar surface area (TPSA) is 84.9 Å². The van der Waals surface area contributed by atoms with E-state index in [1.807, 2.05) is 13.0 Å². The highest BCUT2D eigenvalue weighted by Crippen LogP contribution is 2.44. The first-order chi connectivity index (χ1) is 11.0. The zero-order chi connectivity index (χ0) is 16.9. The van der Waals surface area contributed by atoms with Gasteiger partial charge in [-0.1, -0.05) is 6.42 Å². The summed E-state index contributed by atoms with van der Waals surface area (Å²) in [5.74, 6) is -0.431. The van der Waals surface area contributed by atoms with E-state index in [9.17, 15) is 14.7 Å². The van der Waals surface area contributed by atoms with Crippen molar-refractivity contribution in [1.29, 1.82) is 0 Å². The van der Waals surface area contributed by atoms with Gasteiger partial charge >= 0.3 is 5.97 Å². The molecule has 0 heterocycles. The highest BCUT2D eigenvalue weighted by atomic mass is 16.5. The minimum absolute atomic E-state index is 0.0217. The van der Waals surface area contributed by atoms with Crippen molar-refractivity contribution in [3.05, 3.63) is 23.8 Å². The van der Waals surface area contributed by atoms with Crippen molar-refractivity contribution >= 4 is 17.6 Å². The van der Waals surface area contributed by atoms with Crippen LogP contribution in [0.3, 0.4) is 0 Å². The molecule has 6 heteroatoms. The molecular formula is C17H23NO5. The number of aliphatic carboxylic acids is 1. The summed E-state index contributed by atoms with van der Waals surface area (Å²) in [6.07, 6.45) is 2.03.